The summed E-state index contributed by atoms with van der Waals surface area (Å²) < 4.78 is 4.86. The standard InChI is InChI=1S/C8H8Cl4N2O3/c9-5(7(10)11)6(8(12)14(15)16)13-1-3-17-4-2-13/h1-4H2/b8-6-. The normalized spacial score (nSPS) is 17.5. The Labute approximate surface area is 118 Å². The van der Waals surface area contributed by atoms with Crippen LogP contribution in [0, 0.1) is 10.1 Å². The van der Waals surface area contributed by atoms with Crippen LogP contribution >= 0.6 is 46.4 Å². The van der Waals surface area contributed by atoms with Crippen molar-refractivity contribution < 1.29 is 9.66 Å². The quantitative estimate of drug-likeness (QED) is 0.347. The first-order valence-corrected chi connectivity index (χ1v) is 6.04. The Hall–Kier alpha value is -0.200. The van der Waals surface area contributed by atoms with Gasteiger partial charge in [0.05, 0.1) is 18.1 Å². The number of allylic oxidation sites excluding steroid dienone is 1. The van der Waals surface area contributed by atoms with E-state index in [4.69, 9.17) is 51.1 Å². The van der Waals surface area contributed by atoms with Gasteiger partial charge in [0.15, 0.2) is 5.70 Å². The van der Waals surface area contributed by atoms with E-state index in [1.54, 1.807) is 4.90 Å². The average molecular weight is 322 g/mol. The zero-order valence-electron chi connectivity index (χ0n) is 8.46. The van der Waals surface area contributed by atoms with Crippen molar-refractivity contribution >= 4 is 46.4 Å². The number of rotatable bonds is 3. The molecule has 0 unspecified atom stereocenters. The molecule has 1 rings (SSSR count). The molecular weight excluding hydrogens is 314 g/mol. The molecule has 1 aliphatic heterocycles. The molecule has 1 saturated heterocycles. The Bertz CT molecular complexity index is 373. The summed E-state index contributed by atoms with van der Waals surface area (Å²) in [6.07, 6.45) is 0. The number of hydrogen-bond acceptors (Lipinski definition) is 4. The van der Waals surface area contributed by atoms with Gasteiger partial charge in [-0.05, 0) is 11.6 Å². The van der Waals surface area contributed by atoms with E-state index in [9.17, 15) is 10.1 Å². The molecule has 0 aromatic rings. The van der Waals surface area contributed by atoms with Crippen molar-refractivity contribution in [2.24, 2.45) is 0 Å². The number of morpholine rings is 1. The summed E-state index contributed by atoms with van der Waals surface area (Å²) in [5, 5.41) is 9.94. The molecule has 0 saturated carbocycles. The lowest BCUT2D eigenvalue weighted by molar-refractivity contribution is -0.414. The van der Waals surface area contributed by atoms with Crippen molar-refractivity contribution in [1.29, 1.82) is 0 Å². The summed E-state index contributed by atoms with van der Waals surface area (Å²) in [7, 11) is 0. The largest absolute Gasteiger partial charge is 0.378 e. The average Bonchev–Trinajstić information content (AvgIpc) is 2.30. The maximum Gasteiger partial charge on any atom is 0.362 e. The summed E-state index contributed by atoms with van der Waals surface area (Å²) in [6, 6.07) is 0. The Morgan fingerprint density at radius 1 is 1.18 bits per heavy atom. The van der Waals surface area contributed by atoms with Gasteiger partial charge in [-0.2, -0.15) is 0 Å². The van der Waals surface area contributed by atoms with Crippen LogP contribution < -0.4 is 0 Å². The fraction of sp³-hybridized carbons (Fsp3) is 0.500. The summed E-state index contributed by atoms with van der Waals surface area (Å²) in [6.45, 7) is 1.71. The van der Waals surface area contributed by atoms with E-state index in [-0.39, 0.29) is 15.2 Å². The van der Waals surface area contributed by atoms with Crippen LogP contribution in [0.1, 0.15) is 0 Å². The zero-order chi connectivity index (χ0) is 13.0. The minimum atomic E-state index is -0.745. The molecule has 0 aromatic carbocycles. The molecule has 9 heteroatoms. The van der Waals surface area contributed by atoms with E-state index in [2.05, 4.69) is 0 Å². The highest BCUT2D eigenvalue weighted by atomic mass is 35.5. The highest BCUT2D eigenvalue weighted by Crippen LogP contribution is 2.31. The summed E-state index contributed by atoms with van der Waals surface area (Å²) >= 11 is 22.5. The van der Waals surface area contributed by atoms with Gasteiger partial charge in [-0.15, -0.1) is 0 Å². The van der Waals surface area contributed by atoms with Crippen LogP contribution in [0.2, 0.25) is 0 Å². The Morgan fingerprint density at radius 2 is 1.71 bits per heavy atom. The highest BCUT2D eigenvalue weighted by molar-refractivity contribution is 6.60. The number of hydrogen-bond donors (Lipinski definition) is 0. The first-order chi connectivity index (χ1) is 7.95. The summed E-state index contributed by atoms with van der Waals surface area (Å²) in [4.78, 5) is 11.6. The monoisotopic (exact) mass is 320 g/mol. The number of halogens is 4. The van der Waals surface area contributed by atoms with Crippen LogP contribution in [0.25, 0.3) is 0 Å². The first kappa shape index (κ1) is 14.9. The molecular formula is C8H8Cl4N2O3. The lowest BCUT2D eigenvalue weighted by atomic mass is 10.3. The van der Waals surface area contributed by atoms with E-state index in [1.165, 1.54) is 0 Å². The van der Waals surface area contributed by atoms with Gasteiger partial charge >= 0.3 is 5.16 Å². The van der Waals surface area contributed by atoms with Gasteiger partial charge in [-0.1, -0.05) is 34.8 Å². The van der Waals surface area contributed by atoms with E-state index in [0.29, 0.717) is 26.3 Å². The maximum absolute atomic E-state index is 10.7. The van der Waals surface area contributed by atoms with E-state index >= 15 is 0 Å². The first-order valence-electron chi connectivity index (χ1n) is 4.53. The van der Waals surface area contributed by atoms with Crippen LogP contribution in [0.5, 0.6) is 0 Å². The SMILES string of the molecule is O=[N+]([O-])/C(Cl)=C(/C(Cl)=C(Cl)Cl)N1CCOCC1. The van der Waals surface area contributed by atoms with Crippen molar-refractivity contribution in [3.63, 3.8) is 0 Å². The van der Waals surface area contributed by atoms with Gasteiger partial charge in [0.2, 0.25) is 0 Å². The zero-order valence-corrected chi connectivity index (χ0v) is 11.5. The van der Waals surface area contributed by atoms with Crippen molar-refractivity contribution in [1.82, 2.24) is 4.90 Å². The maximum atomic E-state index is 10.7. The highest BCUT2D eigenvalue weighted by Gasteiger charge is 2.27. The van der Waals surface area contributed by atoms with Crippen molar-refractivity contribution in [2.45, 2.75) is 0 Å². The third-order valence-electron chi connectivity index (χ3n) is 2.06. The van der Waals surface area contributed by atoms with E-state index in [1.807, 2.05) is 0 Å². The Balaban J connectivity index is 3.15. The van der Waals surface area contributed by atoms with Gasteiger partial charge in [-0.25, -0.2) is 0 Å². The molecule has 0 spiro atoms. The third kappa shape index (κ3) is 3.89. The van der Waals surface area contributed by atoms with Crippen molar-refractivity contribution in [2.75, 3.05) is 26.3 Å². The van der Waals surface area contributed by atoms with Gasteiger partial charge < -0.3 is 9.64 Å². The van der Waals surface area contributed by atoms with Crippen LogP contribution in [0.4, 0.5) is 0 Å². The fourth-order valence-corrected chi connectivity index (χ4v) is 1.97. The molecule has 17 heavy (non-hydrogen) atoms. The molecule has 1 fully saturated rings. The van der Waals surface area contributed by atoms with Gasteiger partial charge in [-0.3, -0.25) is 10.1 Å². The molecule has 1 aliphatic rings. The van der Waals surface area contributed by atoms with Gasteiger partial charge in [0.25, 0.3) is 0 Å². The molecule has 0 amide bonds. The second kappa shape index (κ2) is 6.66. The molecule has 0 bridgehead atoms. The van der Waals surface area contributed by atoms with Crippen LogP contribution in [-0.4, -0.2) is 36.1 Å². The predicted molar refractivity (Wildman–Crippen MR) is 66.9 cm³/mol. The second-order valence-corrected chi connectivity index (χ2v) is 4.76. The molecule has 0 N–H and O–H groups in total. The molecule has 0 aromatic heterocycles. The molecule has 1 heterocycles. The third-order valence-corrected chi connectivity index (χ3v) is 3.31. The number of nitro groups is 1. The molecule has 96 valence electrons. The van der Waals surface area contributed by atoms with E-state index in [0.717, 1.165) is 0 Å². The van der Waals surface area contributed by atoms with Crippen LogP contribution in [0.3, 0.4) is 0 Å². The lowest BCUT2D eigenvalue weighted by Gasteiger charge is -2.29. The lowest BCUT2D eigenvalue weighted by Crippen LogP contribution is -2.36. The second-order valence-electron chi connectivity index (χ2n) is 3.07. The van der Waals surface area contributed by atoms with Crippen LogP contribution in [0.15, 0.2) is 20.4 Å². The Kier molecular flexibility index (Phi) is 5.82. The topological polar surface area (TPSA) is 55.6 Å². The molecule has 0 radical (unpaired) electrons. The molecule has 0 aliphatic carbocycles. The number of ether oxygens (including phenoxy) is 1. The minimum absolute atomic E-state index is 0.0154. The van der Waals surface area contributed by atoms with Crippen molar-refractivity contribution in [3.05, 3.63) is 30.5 Å². The van der Waals surface area contributed by atoms with Crippen LogP contribution in [-0.2, 0) is 4.74 Å². The Morgan fingerprint density at radius 3 is 2.12 bits per heavy atom. The predicted octanol–water partition coefficient (Wildman–Crippen LogP) is 2.89. The van der Waals surface area contributed by atoms with Crippen molar-refractivity contribution in [3.8, 4) is 0 Å². The molecule has 5 nitrogen and oxygen atoms in total. The minimum Gasteiger partial charge on any atom is -0.378 e. The summed E-state index contributed by atoms with van der Waals surface area (Å²) in [5.74, 6) is 0. The fourth-order valence-electron chi connectivity index (χ4n) is 1.32. The smallest absolute Gasteiger partial charge is 0.362 e. The van der Waals surface area contributed by atoms with Gasteiger partial charge in [0, 0.05) is 13.1 Å². The van der Waals surface area contributed by atoms with E-state index < -0.39 is 10.1 Å². The van der Waals surface area contributed by atoms with Gasteiger partial charge in [0.1, 0.15) is 9.52 Å². The number of nitrogens with zero attached hydrogens (tertiary/aromatic N) is 2. The molecule has 0 atom stereocenters. The summed E-state index contributed by atoms with van der Waals surface area (Å²) in [5.41, 5.74) is 0.0154.